The molecule has 0 radical (unpaired) electrons. The van der Waals surface area contributed by atoms with Crippen LogP contribution in [0.15, 0.2) is 96.1 Å². The number of methoxy groups -OCH3 is 1. The molecule has 1 aromatic heterocycles. The van der Waals surface area contributed by atoms with Crippen LogP contribution in [-0.2, 0) is 4.74 Å². The molecule has 1 heterocycles. The first-order valence-electron chi connectivity index (χ1n) is 9.17. The largest absolute Gasteiger partial charge is 0.465 e. The van der Waals surface area contributed by atoms with Crippen LogP contribution in [0.2, 0.25) is 0 Å². The van der Waals surface area contributed by atoms with Crippen LogP contribution in [0.3, 0.4) is 0 Å². The predicted molar refractivity (Wildman–Crippen MR) is 114 cm³/mol. The Balaban J connectivity index is 1.74. The van der Waals surface area contributed by atoms with Gasteiger partial charge >= 0.3 is 5.97 Å². The van der Waals surface area contributed by atoms with E-state index in [2.05, 4.69) is 5.10 Å². The summed E-state index contributed by atoms with van der Waals surface area (Å²) in [6.07, 6.45) is 3.60. The van der Waals surface area contributed by atoms with Crippen molar-refractivity contribution < 1.29 is 9.53 Å². The number of carbonyl (C=O) groups is 1. The summed E-state index contributed by atoms with van der Waals surface area (Å²) in [6.45, 7) is 0. The van der Waals surface area contributed by atoms with Crippen molar-refractivity contribution in [2.45, 2.75) is 0 Å². The number of hydrogen-bond acceptors (Lipinski definition) is 4. The van der Waals surface area contributed by atoms with E-state index in [4.69, 9.17) is 9.73 Å². The van der Waals surface area contributed by atoms with Crippen LogP contribution in [0.1, 0.15) is 15.9 Å². The molecule has 0 fully saturated rings. The molecule has 0 spiro atoms. The Labute approximate surface area is 168 Å². The number of carbonyl (C=O) groups excluding carboxylic acids is 1. The summed E-state index contributed by atoms with van der Waals surface area (Å²) in [6, 6.07) is 27.1. The van der Waals surface area contributed by atoms with E-state index in [-0.39, 0.29) is 5.97 Å². The Morgan fingerprint density at radius 2 is 1.59 bits per heavy atom. The van der Waals surface area contributed by atoms with Gasteiger partial charge in [0.1, 0.15) is 0 Å². The second kappa shape index (κ2) is 8.35. The van der Waals surface area contributed by atoms with E-state index in [1.165, 1.54) is 7.11 Å². The fourth-order valence-electron chi connectivity index (χ4n) is 3.00. The van der Waals surface area contributed by atoms with Crippen LogP contribution in [-0.4, -0.2) is 29.1 Å². The van der Waals surface area contributed by atoms with Crippen LogP contribution < -0.4 is 0 Å². The minimum absolute atomic E-state index is 0.359. The number of benzene rings is 3. The molecule has 0 atom stereocenters. The molecule has 29 heavy (non-hydrogen) atoms. The van der Waals surface area contributed by atoms with Crippen LogP contribution in [0.25, 0.3) is 16.8 Å². The third-order valence-corrected chi connectivity index (χ3v) is 4.50. The molecular formula is C24H19N3O2. The number of nitrogens with zero attached hydrogens (tertiary/aromatic N) is 3. The molecule has 4 rings (SSSR count). The van der Waals surface area contributed by atoms with Gasteiger partial charge in [0.05, 0.1) is 24.6 Å². The van der Waals surface area contributed by atoms with Crippen LogP contribution in [0.4, 0.5) is 5.82 Å². The molecule has 5 heteroatoms. The summed E-state index contributed by atoms with van der Waals surface area (Å²) < 4.78 is 6.56. The second-order valence-electron chi connectivity index (χ2n) is 6.37. The van der Waals surface area contributed by atoms with Gasteiger partial charge in [-0.3, -0.25) is 0 Å². The summed E-state index contributed by atoms with van der Waals surface area (Å²) in [5.74, 6) is 0.376. The molecule has 3 aromatic carbocycles. The van der Waals surface area contributed by atoms with Gasteiger partial charge in [0.2, 0.25) is 0 Å². The van der Waals surface area contributed by atoms with Gasteiger partial charge in [0, 0.05) is 11.8 Å². The Hall–Kier alpha value is -3.99. The van der Waals surface area contributed by atoms with Crippen molar-refractivity contribution in [2.24, 2.45) is 4.99 Å². The first kappa shape index (κ1) is 18.4. The lowest BCUT2D eigenvalue weighted by Gasteiger charge is -2.06. The van der Waals surface area contributed by atoms with E-state index < -0.39 is 0 Å². The Kier molecular flexibility index (Phi) is 5.29. The standard InChI is InChI=1S/C24H19N3O2/c1-29-24(28)20-14-12-18(13-15-20)16-25-23-22(19-8-4-2-5-9-19)17-26-27(23)21-10-6-3-7-11-21/h2-17H,1H3. The van der Waals surface area contributed by atoms with Crippen molar-refractivity contribution in [1.82, 2.24) is 9.78 Å². The molecule has 4 aromatic rings. The zero-order valence-electron chi connectivity index (χ0n) is 15.9. The van der Waals surface area contributed by atoms with Crippen molar-refractivity contribution in [3.63, 3.8) is 0 Å². The molecule has 0 bridgehead atoms. The number of aliphatic imine (C=N–C) groups is 1. The van der Waals surface area contributed by atoms with Crippen molar-refractivity contribution in [2.75, 3.05) is 7.11 Å². The van der Waals surface area contributed by atoms with Gasteiger partial charge in [-0.2, -0.15) is 5.10 Å². The monoisotopic (exact) mass is 381 g/mol. The predicted octanol–water partition coefficient (Wildman–Crippen LogP) is 5.08. The zero-order chi connectivity index (χ0) is 20.1. The van der Waals surface area contributed by atoms with Crippen molar-refractivity contribution in [1.29, 1.82) is 0 Å². The van der Waals surface area contributed by atoms with E-state index in [1.54, 1.807) is 18.3 Å². The summed E-state index contributed by atoms with van der Waals surface area (Å²) in [5.41, 5.74) is 4.30. The van der Waals surface area contributed by atoms with Gasteiger partial charge in [0.25, 0.3) is 0 Å². The van der Waals surface area contributed by atoms with Gasteiger partial charge in [-0.1, -0.05) is 60.7 Å². The average Bonchev–Trinajstić information content (AvgIpc) is 3.22. The SMILES string of the molecule is COC(=O)c1ccc(C=Nc2c(-c3ccccc3)cnn2-c2ccccc2)cc1. The molecule has 0 aliphatic rings. The smallest absolute Gasteiger partial charge is 0.337 e. The number of rotatable bonds is 5. The van der Waals surface area contributed by atoms with Crippen LogP contribution >= 0.6 is 0 Å². The fraction of sp³-hybridized carbons (Fsp3) is 0.0417. The highest BCUT2D eigenvalue weighted by molar-refractivity contribution is 5.91. The fourth-order valence-corrected chi connectivity index (χ4v) is 3.00. The highest BCUT2D eigenvalue weighted by atomic mass is 16.5. The van der Waals surface area contributed by atoms with Gasteiger partial charge in [-0.05, 0) is 35.4 Å². The van der Waals surface area contributed by atoms with E-state index >= 15 is 0 Å². The molecule has 0 N–H and O–H groups in total. The quantitative estimate of drug-likeness (QED) is 0.358. The lowest BCUT2D eigenvalue weighted by Crippen LogP contribution is -2.00. The van der Waals surface area contributed by atoms with Gasteiger partial charge in [-0.15, -0.1) is 0 Å². The molecule has 0 amide bonds. The second-order valence-corrected chi connectivity index (χ2v) is 6.37. The Morgan fingerprint density at radius 3 is 2.24 bits per heavy atom. The number of aromatic nitrogens is 2. The van der Waals surface area contributed by atoms with Crippen molar-refractivity contribution in [3.05, 3.63) is 102 Å². The van der Waals surface area contributed by atoms with Crippen LogP contribution in [0, 0.1) is 0 Å². The third-order valence-electron chi connectivity index (χ3n) is 4.50. The number of hydrogen-bond donors (Lipinski definition) is 0. The molecule has 0 saturated carbocycles. The van der Waals surface area contributed by atoms with E-state index in [0.29, 0.717) is 5.56 Å². The van der Waals surface area contributed by atoms with E-state index in [9.17, 15) is 4.79 Å². The first-order valence-corrected chi connectivity index (χ1v) is 9.17. The summed E-state index contributed by atoms with van der Waals surface area (Å²) in [7, 11) is 1.37. The molecule has 0 saturated heterocycles. The zero-order valence-corrected chi connectivity index (χ0v) is 15.9. The number of para-hydroxylation sites is 1. The molecule has 0 unspecified atom stereocenters. The van der Waals surface area contributed by atoms with Gasteiger partial charge in [-0.25, -0.2) is 14.5 Å². The summed E-state index contributed by atoms with van der Waals surface area (Å²) >= 11 is 0. The highest BCUT2D eigenvalue weighted by Gasteiger charge is 2.13. The maximum absolute atomic E-state index is 11.6. The lowest BCUT2D eigenvalue weighted by atomic mass is 10.1. The number of esters is 1. The maximum Gasteiger partial charge on any atom is 0.337 e. The minimum Gasteiger partial charge on any atom is -0.465 e. The molecule has 5 nitrogen and oxygen atoms in total. The van der Waals surface area contributed by atoms with Crippen molar-refractivity contribution in [3.8, 4) is 16.8 Å². The number of ether oxygens (including phenoxy) is 1. The summed E-state index contributed by atoms with van der Waals surface area (Å²) in [5, 5.41) is 4.57. The molecule has 0 aliphatic carbocycles. The topological polar surface area (TPSA) is 56.5 Å². The summed E-state index contributed by atoms with van der Waals surface area (Å²) in [4.78, 5) is 16.3. The highest BCUT2D eigenvalue weighted by Crippen LogP contribution is 2.32. The maximum atomic E-state index is 11.6. The normalized spacial score (nSPS) is 10.9. The van der Waals surface area contributed by atoms with E-state index in [0.717, 1.165) is 28.2 Å². The van der Waals surface area contributed by atoms with Crippen LogP contribution in [0.5, 0.6) is 0 Å². The third kappa shape index (κ3) is 3.99. The lowest BCUT2D eigenvalue weighted by molar-refractivity contribution is 0.0600. The van der Waals surface area contributed by atoms with Gasteiger partial charge < -0.3 is 4.74 Å². The first-order chi connectivity index (χ1) is 14.3. The Morgan fingerprint density at radius 1 is 0.931 bits per heavy atom. The Bertz CT molecular complexity index is 1070. The van der Waals surface area contributed by atoms with Crippen molar-refractivity contribution >= 4 is 18.0 Å². The average molecular weight is 381 g/mol. The molecule has 0 aliphatic heterocycles. The van der Waals surface area contributed by atoms with Gasteiger partial charge in [0.15, 0.2) is 5.82 Å². The van der Waals surface area contributed by atoms with E-state index in [1.807, 2.05) is 83.7 Å². The molecule has 142 valence electrons. The molecular weight excluding hydrogens is 362 g/mol. The minimum atomic E-state index is -0.359.